The first-order chi connectivity index (χ1) is 10.2. The van der Waals surface area contributed by atoms with Gasteiger partial charge in [0.25, 0.3) is 0 Å². The molecule has 1 aromatic carbocycles. The Hall–Kier alpha value is -0.940. The molecule has 3 nitrogen and oxygen atoms in total. The molecule has 0 aliphatic carbocycles. The smallest absolute Gasteiger partial charge is 0.191 e. The van der Waals surface area contributed by atoms with Crippen molar-refractivity contribution in [3.05, 3.63) is 34.6 Å². The summed E-state index contributed by atoms with van der Waals surface area (Å²) in [6.45, 7) is 4.26. The van der Waals surface area contributed by atoms with E-state index in [0.717, 1.165) is 24.6 Å². The third-order valence-corrected chi connectivity index (χ3v) is 4.96. The van der Waals surface area contributed by atoms with Gasteiger partial charge in [-0.2, -0.15) is 11.8 Å². The van der Waals surface area contributed by atoms with Gasteiger partial charge >= 0.3 is 0 Å². The molecule has 116 valence electrons. The first kappa shape index (κ1) is 16.4. The number of nitrogens with zero attached hydrogens (tertiary/aromatic N) is 1. The third kappa shape index (κ3) is 5.40. The van der Waals surface area contributed by atoms with Gasteiger partial charge in [0.1, 0.15) is 5.82 Å². The molecule has 0 aromatic heterocycles. The Morgan fingerprint density at radius 3 is 3.00 bits per heavy atom. The molecule has 0 saturated carbocycles. The maximum Gasteiger partial charge on any atom is 0.191 e. The van der Waals surface area contributed by atoms with Gasteiger partial charge in [-0.25, -0.2) is 9.38 Å². The topological polar surface area (TPSA) is 36.4 Å². The highest BCUT2D eigenvalue weighted by molar-refractivity contribution is 8.00. The average molecular weight is 330 g/mol. The first-order valence-corrected chi connectivity index (χ1v) is 8.69. The number of halogens is 2. The SMILES string of the molecule is CCNC(=NCc1ccc(F)c(Cl)c1)NCC1CCCS1. The van der Waals surface area contributed by atoms with Crippen LogP contribution in [0.5, 0.6) is 0 Å². The number of guanidine groups is 1. The van der Waals surface area contributed by atoms with E-state index in [9.17, 15) is 4.39 Å². The zero-order valence-corrected chi connectivity index (χ0v) is 13.7. The van der Waals surface area contributed by atoms with Crippen LogP contribution in [0.3, 0.4) is 0 Å². The summed E-state index contributed by atoms with van der Waals surface area (Å²) < 4.78 is 13.1. The predicted molar refractivity (Wildman–Crippen MR) is 89.7 cm³/mol. The predicted octanol–water partition coefficient (Wildman–Crippen LogP) is 3.43. The summed E-state index contributed by atoms with van der Waals surface area (Å²) in [5.74, 6) is 1.66. The van der Waals surface area contributed by atoms with Crippen LogP contribution in [0, 0.1) is 5.82 Å². The van der Waals surface area contributed by atoms with E-state index in [4.69, 9.17) is 11.6 Å². The maximum absolute atomic E-state index is 13.1. The summed E-state index contributed by atoms with van der Waals surface area (Å²) in [5.41, 5.74) is 0.897. The van der Waals surface area contributed by atoms with Crippen molar-refractivity contribution in [1.82, 2.24) is 10.6 Å². The molecular weight excluding hydrogens is 309 g/mol. The second-order valence-corrected chi connectivity index (χ2v) is 6.78. The van der Waals surface area contributed by atoms with Gasteiger partial charge in [-0.1, -0.05) is 17.7 Å². The fourth-order valence-corrected chi connectivity index (χ4v) is 3.57. The standard InChI is InChI=1S/C15H21ClFN3S/c1-2-18-15(20-10-12-4-3-7-21-12)19-9-11-5-6-14(17)13(16)8-11/h5-6,8,12H,2-4,7,9-10H2,1H3,(H2,18,19,20). The second kappa shape index (κ2) is 8.49. The molecule has 1 aromatic rings. The van der Waals surface area contributed by atoms with Crippen LogP contribution < -0.4 is 10.6 Å². The Morgan fingerprint density at radius 1 is 1.48 bits per heavy atom. The summed E-state index contributed by atoms with van der Waals surface area (Å²) in [6, 6.07) is 4.71. The molecule has 1 aliphatic rings. The minimum absolute atomic E-state index is 0.142. The molecule has 21 heavy (non-hydrogen) atoms. The van der Waals surface area contributed by atoms with Crippen molar-refractivity contribution < 1.29 is 4.39 Å². The van der Waals surface area contributed by atoms with Crippen LogP contribution >= 0.6 is 23.4 Å². The Bertz CT molecular complexity index is 490. The number of benzene rings is 1. The summed E-state index contributed by atoms with van der Waals surface area (Å²) in [5, 5.41) is 7.41. The molecule has 1 aliphatic heterocycles. The largest absolute Gasteiger partial charge is 0.357 e. The van der Waals surface area contributed by atoms with E-state index >= 15 is 0 Å². The van der Waals surface area contributed by atoms with Crippen molar-refractivity contribution in [2.75, 3.05) is 18.8 Å². The van der Waals surface area contributed by atoms with Crippen LogP contribution in [0.15, 0.2) is 23.2 Å². The summed E-state index contributed by atoms with van der Waals surface area (Å²) in [6.07, 6.45) is 2.57. The van der Waals surface area contributed by atoms with Crippen LogP contribution in [0.2, 0.25) is 5.02 Å². The van der Waals surface area contributed by atoms with E-state index in [-0.39, 0.29) is 5.02 Å². The van der Waals surface area contributed by atoms with Gasteiger partial charge in [0.15, 0.2) is 5.96 Å². The quantitative estimate of drug-likeness (QED) is 0.642. The fraction of sp³-hybridized carbons (Fsp3) is 0.533. The lowest BCUT2D eigenvalue weighted by atomic mass is 10.2. The molecule has 1 heterocycles. The highest BCUT2D eigenvalue weighted by Gasteiger charge is 2.15. The van der Waals surface area contributed by atoms with Crippen molar-refractivity contribution in [3.8, 4) is 0 Å². The lowest BCUT2D eigenvalue weighted by molar-refractivity contribution is 0.627. The van der Waals surface area contributed by atoms with Crippen LogP contribution in [-0.4, -0.2) is 30.1 Å². The average Bonchev–Trinajstić information content (AvgIpc) is 2.99. The lowest BCUT2D eigenvalue weighted by Gasteiger charge is -2.14. The monoisotopic (exact) mass is 329 g/mol. The molecule has 2 N–H and O–H groups in total. The van der Waals surface area contributed by atoms with Crippen molar-refractivity contribution in [2.24, 2.45) is 4.99 Å². The summed E-state index contributed by atoms with van der Waals surface area (Å²) in [7, 11) is 0. The van der Waals surface area contributed by atoms with E-state index in [2.05, 4.69) is 15.6 Å². The van der Waals surface area contributed by atoms with Gasteiger partial charge in [0.2, 0.25) is 0 Å². The first-order valence-electron chi connectivity index (χ1n) is 7.26. The van der Waals surface area contributed by atoms with Crippen molar-refractivity contribution in [1.29, 1.82) is 0 Å². The minimum atomic E-state index is -0.396. The van der Waals surface area contributed by atoms with Crippen molar-refractivity contribution >= 4 is 29.3 Å². The number of nitrogens with one attached hydrogen (secondary N) is 2. The van der Waals surface area contributed by atoms with Gasteiger partial charge in [-0.3, -0.25) is 0 Å². The Morgan fingerprint density at radius 2 is 2.33 bits per heavy atom. The van der Waals surface area contributed by atoms with Gasteiger partial charge < -0.3 is 10.6 Å². The number of rotatable bonds is 5. The van der Waals surface area contributed by atoms with Crippen LogP contribution in [-0.2, 0) is 6.54 Å². The van der Waals surface area contributed by atoms with Gasteiger partial charge in [-0.05, 0) is 43.2 Å². The molecule has 1 fully saturated rings. The summed E-state index contributed by atoms with van der Waals surface area (Å²) >= 11 is 7.80. The normalized spacial score (nSPS) is 18.8. The minimum Gasteiger partial charge on any atom is -0.357 e. The zero-order chi connectivity index (χ0) is 15.1. The molecule has 0 amide bonds. The Kier molecular flexibility index (Phi) is 6.64. The van der Waals surface area contributed by atoms with Crippen LogP contribution in [0.1, 0.15) is 25.3 Å². The summed E-state index contributed by atoms with van der Waals surface area (Å²) in [4.78, 5) is 4.52. The molecule has 1 atom stereocenters. The van der Waals surface area contributed by atoms with Gasteiger partial charge in [-0.15, -0.1) is 0 Å². The number of hydrogen-bond acceptors (Lipinski definition) is 2. The van der Waals surface area contributed by atoms with E-state index in [1.54, 1.807) is 12.1 Å². The molecule has 2 rings (SSSR count). The molecule has 1 saturated heterocycles. The molecule has 0 radical (unpaired) electrons. The number of hydrogen-bond donors (Lipinski definition) is 2. The Labute approximate surface area is 134 Å². The number of aliphatic imine (C=N–C) groups is 1. The van der Waals surface area contributed by atoms with Crippen LogP contribution in [0.25, 0.3) is 0 Å². The van der Waals surface area contributed by atoms with Gasteiger partial charge in [0, 0.05) is 18.3 Å². The van der Waals surface area contributed by atoms with E-state index in [1.165, 1.54) is 24.7 Å². The third-order valence-electron chi connectivity index (χ3n) is 3.27. The molecule has 0 bridgehead atoms. The van der Waals surface area contributed by atoms with Crippen molar-refractivity contribution in [2.45, 2.75) is 31.6 Å². The zero-order valence-electron chi connectivity index (χ0n) is 12.2. The second-order valence-electron chi connectivity index (χ2n) is 4.96. The molecule has 0 spiro atoms. The molecule has 1 unspecified atom stereocenters. The van der Waals surface area contributed by atoms with Crippen molar-refractivity contribution in [3.63, 3.8) is 0 Å². The highest BCUT2D eigenvalue weighted by Crippen LogP contribution is 2.25. The lowest BCUT2D eigenvalue weighted by Crippen LogP contribution is -2.40. The fourth-order valence-electron chi connectivity index (χ4n) is 2.17. The van der Waals surface area contributed by atoms with Gasteiger partial charge in [0.05, 0.1) is 11.6 Å². The van der Waals surface area contributed by atoms with E-state index in [1.807, 2.05) is 18.7 Å². The highest BCUT2D eigenvalue weighted by atomic mass is 35.5. The molecular formula is C15H21ClFN3S. The maximum atomic E-state index is 13.1. The molecule has 6 heteroatoms. The number of thioether (sulfide) groups is 1. The van der Waals surface area contributed by atoms with E-state index in [0.29, 0.717) is 11.8 Å². The van der Waals surface area contributed by atoms with E-state index < -0.39 is 5.82 Å². The Balaban J connectivity index is 1.90. The van der Waals surface area contributed by atoms with Crippen LogP contribution in [0.4, 0.5) is 4.39 Å².